The molecule has 5 aromatic rings. The van der Waals surface area contributed by atoms with Crippen LogP contribution in [0, 0.1) is 0 Å². The van der Waals surface area contributed by atoms with E-state index in [9.17, 15) is 0 Å². The molecule has 1 aliphatic carbocycles. The molecule has 8 heteroatoms. The molecule has 0 fully saturated rings. The molecular formula is C27H26N6S2. The molecule has 1 aliphatic heterocycles. The predicted molar refractivity (Wildman–Crippen MR) is 144 cm³/mol. The fourth-order valence-electron chi connectivity index (χ4n) is 5.34. The van der Waals surface area contributed by atoms with Crippen molar-refractivity contribution < 1.29 is 0 Å². The van der Waals surface area contributed by atoms with E-state index in [4.69, 9.17) is 9.97 Å². The summed E-state index contributed by atoms with van der Waals surface area (Å²) in [4.78, 5) is 13.7. The zero-order chi connectivity index (χ0) is 23.2. The van der Waals surface area contributed by atoms with Gasteiger partial charge in [-0.15, -0.1) is 32.9 Å². The first-order valence-corrected chi connectivity index (χ1v) is 14.2. The quantitative estimate of drug-likeness (QED) is 0.288. The van der Waals surface area contributed by atoms with Crippen molar-refractivity contribution in [2.45, 2.75) is 57.9 Å². The minimum atomic E-state index is 0.799. The summed E-state index contributed by atoms with van der Waals surface area (Å²) in [5.41, 5.74) is 3.54. The summed E-state index contributed by atoms with van der Waals surface area (Å²) < 4.78 is 2.30. The molecule has 0 bridgehead atoms. The van der Waals surface area contributed by atoms with Crippen LogP contribution in [-0.2, 0) is 25.8 Å². The summed E-state index contributed by atoms with van der Waals surface area (Å²) in [5.74, 6) is 3.78. The normalized spacial score (nSPS) is 15.5. The number of fused-ring (bicyclic) bond motifs is 4. The summed E-state index contributed by atoms with van der Waals surface area (Å²) in [6.45, 7) is 0.993. The van der Waals surface area contributed by atoms with Crippen LogP contribution in [0.2, 0.25) is 0 Å². The lowest BCUT2D eigenvalue weighted by Gasteiger charge is -2.14. The predicted octanol–water partition coefficient (Wildman–Crippen LogP) is 7.03. The number of hydrogen-bond donors (Lipinski definition) is 1. The van der Waals surface area contributed by atoms with Gasteiger partial charge in [0.1, 0.15) is 16.5 Å². The lowest BCUT2D eigenvalue weighted by atomic mass is 9.97. The highest BCUT2D eigenvalue weighted by atomic mass is 32.1. The van der Waals surface area contributed by atoms with E-state index in [-0.39, 0.29) is 0 Å². The summed E-state index contributed by atoms with van der Waals surface area (Å²) in [5, 5.41) is 16.0. The maximum atomic E-state index is 5.06. The molecule has 0 unspecified atom stereocenters. The first kappa shape index (κ1) is 21.2. The van der Waals surface area contributed by atoms with Crippen LogP contribution in [-0.4, -0.2) is 24.7 Å². The number of nitrogens with zero attached hydrogens (tertiary/aromatic N) is 5. The van der Waals surface area contributed by atoms with E-state index < -0.39 is 0 Å². The Labute approximate surface area is 212 Å². The molecule has 0 atom stereocenters. The highest BCUT2D eigenvalue weighted by Crippen LogP contribution is 2.41. The molecule has 7 rings (SSSR count). The second-order valence-electron chi connectivity index (χ2n) is 9.37. The first-order valence-electron chi connectivity index (χ1n) is 12.5. The molecule has 0 saturated carbocycles. The largest absolute Gasteiger partial charge is 0.340 e. The number of benzene rings is 1. The molecule has 2 aliphatic rings. The Bertz CT molecular complexity index is 1510. The number of nitrogens with one attached hydrogen (secondary N) is 1. The zero-order valence-corrected chi connectivity index (χ0v) is 21.1. The van der Waals surface area contributed by atoms with Gasteiger partial charge in [0.15, 0.2) is 11.6 Å². The van der Waals surface area contributed by atoms with Crippen LogP contribution < -0.4 is 5.32 Å². The summed E-state index contributed by atoms with van der Waals surface area (Å²) in [6, 6.07) is 12.7. The number of thiophene rings is 2. The van der Waals surface area contributed by atoms with Gasteiger partial charge in [0.05, 0.1) is 10.3 Å². The summed E-state index contributed by atoms with van der Waals surface area (Å²) in [7, 11) is 0. The van der Waals surface area contributed by atoms with Gasteiger partial charge >= 0.3 is 0 Å². The average molecular weight is 499 g/mol. The van der Waals surface area contributed by atoms with Gasteiger partial charge in [0, 0.05) is 29.1 Å². The molecule has 0 radical (unpaired) electrons. The molecule has 4 aromatic heterocycles. The summed E-state index contributed by atoms with van der Waals surface area (Å²) in [6.07, 6.45) is 9.40. The van der Waals surface area contributed by atoms with Gasteiger partial charge in [-0.05, 0) is 67.7 Å². The molecule has 176 valence electrons. The topological polar surface area (TPSA) is 68.5 Å². The molecule has 1 N–H and O–H groups in total. The third-order valence-corrected chi connectivity index (χ3v) is 9.10. The van der Waals surface area contributed by atoms with Gasteiger partial charge in [0.2, 0.25) is 0 Å². The number of anilines is 2. The number of aryl methyl sites for hydroxylation is 3. The van der Waals surface area contributed by atoms with Gasteiger partial charge < -0.3 is 9.88 Å². The van der Waals surface area contributed by atoms with E-state index >= 15 is 0 Å². The van der Waals surface area contributed by atoms with Crippen molar-refractivity contribution in [3.63, 3.8) is 0 Å². The van der Waals surface area contributed by atoms with Crippen molar-refractivity contribution in [2.75, 3.05) is 5.32 Å². The molecule has 0 spiro atoms. The van der Waals surface area contributed by atoms with Crippen molar-refractivity contribution in [3.8, 4) is 22.1 Å². The fraction of sp³-hybridized carbons (Fsp3) is 0.333. The SMILES string of the molecule is c1cc(Nc2nc(-c3cccs3)nc3sc4c(c23)CCCC4)cc(-c2nnc3n2CCCCC3)c1. The number of rotatable bonds is 4. The minimum Gasteiger partial charge on any atom is -0.340 e. The molecule has 0 saturated heterocycles. The van der Waals surface area contributed by atoms with Gasteiger partial charge in [-0.1, -0.05) is 24.6 Å². The van der Waals surface area contributed by atoms with Crippen LogP contribution in [0.25, 0.3) is 32.3 Å². The van der Waals surface area contributed by atoms with Gasteiger partial charge in [0.25, 0.3) is 0 Å². The van der Waals surface area contributed by atoms with Crippen LogP contribution in [0.4, 0.5) is 11.5 Å². The molecule has 5 heterocycles. The van der Waals surface area contributed by atoms with Crippen LogP contribution in [0.5, 0.6) is 0 Å². The molecule has 0 amide bonds. The molecule has 1 aromatic carbocycles. The smallest absolute Gasteiger partial charge is 0.173 e. The van der Waals surface area contributed by atoms with Crippen LogP contribution in [0.15, 0.2) is 41.8 Å². The Morgan fingerprint density at radius 1 is 0.886 bits per heavy atom. The minimum absolute atomic E-state index is 0.799. The third kappa shape index (κ3) is 3.85. The van der Waals surface area contributed by atoms with E-state index in [1.54, 1.807) is 11.3 Å². The van der Waals surface area contributed by atoms with E-state index in [1.165, 1.54) is 47.9 Å². The molecule has 35 heavy (non-hydrogen) atoms. The summed E-state index contributed by atoms with van der Waals surface area (Å²) >= 11 is 3.53. The first-order chi connectivity index (χ1) is 17.3. The van der Waals surface area contributed by atoms with E-state index in [1.807, 2.05) is 11.3 Å². The monoisotopic (exact) mass is 498 g/mol. The second-order valence-corrected chi connectivity index (χ2v) is 11.4. The Morgan fingerprint density at radius 3 is 2.77 bits per heavy atom. The maximum absolute atomic E-state index is 5.06. The Kier molecular flexibility index (Phi) is 5.36. The average Bonchev–Trinajstić information content (AvgIpc) is 3.60. The Balaban J connectivity index is 1.32. The van der Waals surface area contributed by atoms with Crippen molar-refractivity contribution in [3.05, 3.63) is 58.0 Å². The third-order valence-electron chi connectivity index (χ3n) is 7.05. The highest BCUT2D eigenvalue weighted by molar-refractivity contribution is 7.19. The standard InChI is InChI=1S/C27H26N6S2/c1-2-13-22-31-32-26(33(22)14-5-1)17-8-6-9-18(16-17)28-25-23-19-10-3-4-11-20(19)35-27(23)30-24(29-25)21-12-7-15-34-21/h6-9,12,15-16H,1-5,10-11,13-14H2,(H,28,29,30). The maximum Gasteiger partial charge on any atom is 0.173 e. The van der Waals surface area contributed by atoms with Crippen molar-refractivity contribution in [2.24, 2.45) is 0 Å². The molecule has 6 nitrogen and oxygen atoms in total. The lowest BCUT2D eigenvalue weighted by molar-refractivity contribution is 0.636. The van der Waals surface area contributed by atoms with Crippen molar-refractivity contribution in [1.29, 1.82) is 0 Å². The van der Waals surface area contributed by atoms with Crippen LogP contribution in [0.3, 0.4) is 0 Å². The van der Waals surface area contributed by atoms with Crippen molar-refractivity contribution in [1.82, 2.24) is 24.7 Å². The van der Waals surface area contributed by atoms with E-state index in [2.05, 4.69) is 61.9 Å². The van der Waals surface area contributed by atoms with Gasteiger partial charge in [-0.2, -0.15) is 0 Å². The van der Waals surface area contributed by atoms with Gasteiger partial charge in [-0.25, -0.2) is 9.97 Å². The molecular weight excluding hydrogens is 472 g/mol. The Hall–Kier alpha value is -3.10. The van der Waals surface area contributed by atoms with E-state index in [0.717, 1.165) is 70.1 Å². The fourth-order valence-corrected chi connectivity index (χ4v) is 7.25. The zero-order valence-electron chi connectivity index (χ0n) is 19.5. The Morgan fingerprint density at radius 2 is 1.83 bits per heavy atom. The van der Waals surface area contributed by atoms with Gasteiger partial charge in [-0.3, -0.25) is 0 Å². The number of hydrogen-bond acceptors (Lipinski definition) is 7. The van der Waals surface area contributed by atoms with Crippen LogP contribution in [0.1, 0.15) is 48.4 Å². The van der Waals surface area contributed by atoms with E-state index in [0.29, 0.717) is 0 Å². The second kappa shape index (κ2) is 8.84. The highest BCUT2D eigenvalue weighted by Gasteiger charge is 2.22. The number of aromatic nitrogens is 5. The lowest BCUT2D eigenvalue weighted by Crippen LogP contribution is -2.04. The van der Waals surface area contributed by atoms with Crippen LogP contribution >= 0.6 is 22.7 Å². The van der Waals surface area contributed by atoms with Crippen molar-refractivity contribution >= 4 is 44.4 Å².